The highest BCUT2D eigenvalue weighted by Gasteiger charge is 2.16. The van der Waals surface area contributed by atoms with Crippen LogP contribution in [-0.2, 0) is 0 Å². The molecule has 0 fully saturated rings. The lowest BCUT2D eigenvalue weighted by Crippen LogP contribution is -2.15. The number of para-hydroxylation sites is 1. The van der Waals surface area contributed by atoms with Gasteiger partial charge in [0, 0.05) is 10.6 Å². The molecule has 2 aromatic rings. The quantitative estimate of drug-likeness (QED) is 0.905. The molecular weight excluding hydrogens is 270 g/mol. The van der Waals surface area contributed by atoms with E-state index in [2.05, 4.69) is 6.07 Å². The third kappa shape index (κ3) is 2.97. The van der Waals surface area contributed by atoms with E-state index in [-0.39, 0.29) is 6.04 Å². The van der Waals surface area contributed by atoms with Crippen molar-refractivity contribution in [3.05, 3.63) is 63.7 Å². The van der Waals surface area contributed by atoms with Gasteiger partial charge < -0.3 is 10.5 Å². The van der Waals surface area contributed by atoms with Gasteiger partial charge in [0.05, 0.1) is 12.6 Å². The van der Waals surface area contributed by atoms with Gasteiger partial charge in [-0.3, -0.25) is 0 Å². The Balaban J connectivity index is 2.46. The van der Waals surface area contributed by atoms with Gasteiger partial charge in [0.2, 0.25) is 0 Å². The van der Waals surface area contributed by atoms with Crippen molar-refractivity contribution in [3.8, 4) is 5.75 Å². The minimum atomic E-state index is -0.214. The predicted molar refractivity (Wildman–Crippen MR) is 84.6 cm³/mol. The van der Waals surface area contributed by atoms with Crippen molar-refractivity contribution in [2.45, 2.75) is 26.8 Å². The molecule has 3 heteroatoms. The van der Waals surface area contributed by atoms with Crippen LogP contribution in [0.4, 0.5) is 0 Å². The Labute approximate surface area is 125 Å². The van der Waals surface area contributed by atoms with Gasteiger partial charge in [-0.25, -0.2) is 0 Å². The molecule has 0 saturated carbocycles. The first-order valence-corrected chi connectivity index (χ1v) is 7.16. The zero-order valence-electron chi connectivity index (χ0n) is 12.1. The van der Waals surface area contributed by atoms with Crippen LogP contribution in [0.1, 0.15) is 35.2 Å². The second-order valence-corrected chi connectivity index (χ2v) is 5.31. The summed E-state index contributed by atoms with van der Waals surface area (Å²) < 4.78 is 5.67. The molecule has 0 aliphatic rings. The zero-order valence-corrected chi connectivity index (χ0v) is 12.9. The molecule has 0 aliphatic heterocycles. The average molecular weight is 290 g/mol. The fourth-order valence-corrected chi connectivity index (χ4v) is 2.55. The van der Waals surface area contributed by atoms with Crippen LogP contribution in [0.5, 0.6) is 5.75 Å². The Morgan fingerprint density at radius 2 is 1.80 bits per heavy atom. The molecule has 1 atom stereocenters. The summed E-state index contributed by atoms with van der Waals surface area (Å²) in [7, 11) is 0. The van der Waals surface area contributed by atoms with Crippen LogP contribution < -0.4 is 10.5 Å². The average Bonchev–Trinajstić information content (AvgIpc) is 2.43. The lowest BCUT2D eigenvalue weighted by molar-refractivity contribution is 0.335. The topological polar surface area (TPSA) is 35.2 Å². The van der Waals surface area contributed by atoms with Gasteiger partial charge >= 0.3 is 0 Å². The highest BCUT2D eigenvalue weighted by Crippen LogP contribution is 2.32. The number of hydrogen-bond donors (Lipinski definition) is 1. The van der Waals surface area contributed by atoms with E-state index < -0.39 is 0 Å². The molecule has 0 heterocycles. The number of rotatable bonds is 4. The molecule has 0 radical (unpaired) electrons. The molecule has 2 aromatic carbocycles. The molecule has 0 spiro atoms. The Kier molecular flexibility index (Phi) is 4.69. The molecular formula is C17H20ClNO. The van der Waals surface area contributed by atoms with E-state index in [1.165, 1.54) is 0 Å². The number of ether oxygens (including phenoxy) is 1. The summed E-state index contributed by atoms with van der Waals surface area (Å²) in [4.78, 5) is 0. The summed E-state index contributed by atoms with van der Waals surface area (Å²) in [5.74, 6) is 0.842. The summed E-state index contributed by atoms with van der Waals surface area (Å²) >= 11 is 6.15. The van der Waals surface area contributed by atoms with Gasteiger partial charge in [0.25, 0.3) is 0 Å². The second kappa shape index (κ2) is 6.29. The molecule has 20 heavy (non-hydrogen) atoms. The van der Waals surface area contributed by atoms with E-state index >= 15 is 0 Å². The largest absolute Gasteiger partial charge is 0.494 e. The van der Waals surface area contributed by atoms with Crippen molar-refractivity contribution in [1.82, 2.24) is 0 Å². The van der Waals surface area contributed by atoms with Crippen LogP contribution in [0.2, 0.25) is 5.02 Å². The predicted octanol–water partition coefficient (Wildman–Crippen LogP) is 4.40. The Morgan fingerprint density at radius 3 is 2.50 bits per heavy atom. The molecule has 1 unspecified atom stereocenters. The van der Waals surface area contributed by atoms with E-state index in [0.29, 0.717) is 6.61 Å². The molecule has 0 amide bonds. The summed E-state index contributed by atoms with van der Waals surface area (Å²) in [5, 5.41) is 0.775. The number of nitrogens with two attached hydrogens (primary N) is 1. The smallest absolute Gasteiger partial charge is 0.124 e. The number of halogens is 1. The summed E-state index contributed by atoms with van der Waals surface area (Å²) in [6.45, 7) is 6.62. The molecule has 0 saturated heterocycles. The summed E-state index contributed by atoms with van der Waals surface area (Å²) in [5.41, 5.74) is 10.7. The highest BCUT2D eigenvalue weighted by atomic mass is 35.5. The molecule has 2 nitrogen and oxygen atoms in total. The normalized spacial score (nSPS) is 12.2. The van der Waals surface area contributed by atoms with Crippen LogP contribution in [0.25, 0.3) is 0 Å². The van der Waals surface area contributed by atoms with E-state index in [0.717, 1.165) is 33.0 Å². The highest BCUT2D eigenvalue weighted by molar-refractivity contribution is 6.31. The fraction of sp³-hybridized carbons (Fsp3) is 0.294. The van der Waals surface area contributed by atoms with Crippen LogP contribution >= 0.6 is 11.6 Å². The fourth-order valence-electron chi connectivity index (χ4n) is 2.33. The molecule has 2 N–H and O–H groups in total. The molecule has 0 aliphatic carbocycles. The molecule has 106 valence electrons. The SMILES string of the molecule is CCOc1ccccc1C(N)c1cc(C)c(Cl)cc1C. The molecule has 2 rings (SSSR count). The number of benzene rings is 2. The van der Waals surface area contributed by atoms with Gasteiger partial charge in [-0.05, 0) is 49.6 Å². The van der Waals surface area contributed by atoms with Gasteiger partial charge in [0.1, 0.15) is 5.75 Å². The maximum Gasteiger partial charge on any atom is 0.124 e. The summed E-state index contributed by atoms with van der Waals surface area (Å²) in [6.07, 6.45) is 0. The van der Waals surface area contributed by atoms with Crippen LogP contribution in [0.3, 0.4) is 0 Å². The Bertz CT molecular complexity index is 610. The van der Waals surface area contributed by atoms with Crippen molar-refractivity contribution in [2.75, 3.05) is 6.61 Å². The lowest BCUT2D eigenvalue weighted by Gasteiger charge is -2.19. The maximum absolute atomic E-state index is 6.44. The Hall–Kier alpha value is -1.51. The van der Waals surface area contributed by atoms with E-state index in [1.807, 2.05) is 51.1 Å². The maximum atomic E-state index is 6.44. The minimum absolute atomic E-state index is 0.214. The van der Waals surface area contributed by atoms with Crippen LogP contribution in [-0.4, -0.2) is 6.61 Å². The van der Waals surface area contributed by atoms with Crippen molar-refractivity contribution in [1.29, 1.82) is 0 Å². The minimum Gasteiger partial charge on any atom is -0.494 e. The van der Waals surface area contributed by atoms with E-state index in [9.17, 15) is 0 Å². The number of aryl methyl sites for hydroxylation is 2. The monoisotopic (exact) mass is 289 g/mol. The summed E-state index contributed by atoms with van der Waals surface area (Å²) in [6, 6.07) is 11.7. The van der Waals surface area contributed by atoms with Gasteiger partial charge in [-0.1, -0.05) is 35.9 Å². The first kappa shape index (κ1) is 14.9. The van der Waals surface area contributed by atoms with E-state index in [4.69, 9.17) is 22.1 Å². The standard InChI is InChI=1S/C17H20ClNO/c1-4-20-16-8-6-5-7-13(16)17(19)14-9-12(3)15(18)10-11(14)2/h5-10,17H,4,19H2,1-3H3. The Morgan fingerprint density at radius 1 is 1.10 bits per heavy atom. The van der Waals surface area contributed by atoms with Gasteiger partial charge in [-0.15, -0.1) is 0 Å². The van der Waals surface area contributed by atoms with Crippen molar-refractivity contribution in [3.63, 3.8) is 0 Å². The third-order valence-corrected chi connectivity index (χ3v) is 3.84. The first-order valence-electron chi connectivity index (χ1n) is 6.78. The van der Waals surface area contributed by atoms with E-state index in [1.54, 1.807) is 0 Å². The van der Waals surface area contributed by atoms with Crippen molar-refractivity contribution < 1.29 is 4.74 Å². The van der Waals surface area contributed by atoms with Crippen LogP contribution in [0, 0.1) is 13.8 Å². The molecule has 0 bridgehead atoms. The zero-order chi connectivity index (χ0) is 14.7. The van der Waals surface area contributed by atoms with Gasteiger partial charge in [-0.2, -0.15) is 0 Å². The third-order valence-electron chi connectivity index (χ3n) is 3.44. The van der Waals surface area contributed by atoms with Gasteiger partial charge in [0.15, 0.2) is 0 Å². The first-order chi connectivity index (χ1) is 9.54. The van der Waals surface area contributed by atoms with Crippen LogP contribution in [0.15, 0.2) is 36.4 Å². The van der Waals surface area contributed by atoms with Crippen molar-refractivity contribution in [2.24, 2.45) is 5.73 Å². The van der Waals surface area contributed by atoms with Crippen molar-refractivity contribution >= 4 is 11.6 Å². The molecule has 0 aromatic heterocycles. The number of hydrogen-bond acceptors (Lipinski definition) is 2. The lowest BCUT2D eigenvalue weighted by atomic mass is 9.93. The second-order valence-electron chi connectivity index (χ2n) is 4.91.